The second-order valence-corrected chi connectivity index (χ2v) is 4.82. The molecule has 6 nitrogen and oxygen atoms in total. The molecular weight excluding hydrogens is 234 g/mol. The fourth-order valence-electron chi connectivity index (χ4n) is 2.38. The van der Waals surface area contributed by atoms with E-state index >= 15 is 0 Å². The summed E-state index contributed by atoms with van der Waals surface area (Å²) in [5.41, 5.74) is 0.0652. The molecule has 1 fully saturated rings. The topological polar surface area (TPSA) is 84.2 Å². The summed E-state index contributed by atoms with van der Waals surface area (Å²) in [4.78, 5) is 23.5. The average Bonchev–Trinajstić information content (AvgIpc) is 2.89. The zero-order valence-corrected chi connectivity index (χ0v) is 10.6. The Morgan fingerprint density at radius 2 is 2.06 bits per heavy atom. The van der Waals surface area contributed by atoms with Crippen LogP contribution in [0.4, 0.5) is 0 Å². The highest BCUT2D eigenvalue weighted by atomic mass is 16.4. The molecule has 1 saturated carbocycles. The van der Waals surface area contributed by atoms with Crippen LogP contribution < -0.4 is 5.32 Å². The van der Waals surface area contributed by atoms with Gasteiger partial charge in [-0.2, -0.15) is 5.10 Å². The van der Waals surface area contributed by atoms with Crippen molar-refractivity contribution in [2.75, 3.05) is 0 Å². The summed E-state index contributed by atoms with van der Waals surface area (Å²) in [5.74, 6) is -1.31. The average molecular weight is 251 g/mol. The number of carbonyl (C=O) groups excluding carboxylic acids is 1. The molecule has 1 aromatic heterocycles. The minimum atomic E-state index is -1.10. The van der Waals surface area contributed by atoms with Crippen molar-refractivity contribution >= 4 is 11.9 Å². The number of aromatic nitrogens is 2. The molecule has 1 aromatic rings. The van der Waals surface area contributed by atoms with Crippen LogP contribution in [-0.2, 0) is 11.8 Å². The highest BCUT2D eigenvalue weighted by Crippen LogP contribution is 2.30. The molecule has 0 radical (unpaired) electrons. The summed E-state index contributed by atoms with van der Waals surface area (Å²) in [5, 5.41) is 16.0. The first-order chi connectivity index (χ1) is 8.46. The highest BCUT2D eigenvalue weighted by molar-refractivity contribution is 5.98. The highest BCUT2D eigenvalue weighted by Gasteiger charge is 2.43. The number of carboxylic acids is 1. The number of aryl methyl sites for hydroxylation is 1. The van der Waals surface area contributed by atoms with Gasteiger partial charge in [-0.3, -0.25) is 9.48 Å². The molecule has 18 heavy (non-hydrogen) atoms. The summed E-state index contributed by atoms with van der Waals surface area (Å²) in [6.07, 6.45) is 4.12. The van der Waals surface area contributed by atoms with Gasteiger partial charge in [0.2, 0.25) is 0 Å². The third-order valence-corrected chi connectivity index (χ3v) is 3.70. The van der Waals surface area contributed by atoms with Gasteiger partial charge in [-0.25, -0.2) is 4.79 Å². The molecule has 1 aliphatic carbocycles. The fourth-order valence-corrected chi connectivity index (χ4v) is 2.38. The molecule has 1 aliphatic rings. The van der Waals surface area contributed by atoms with Crippen molar-refractivity contribution in [2.24, 2.45) is 7.05 Å². The molecule has 98 valence electrons. The zero-order valence-electron chi connectivity index (χ0n) is 10.6. The molecule has 0 atom stereocenters. The lowest BCUT2D eigenvalue weighted by molar-refractivity contribution is -0.144. The number of aliphatic carboxylic acids is 1. The number of amides is 1. The van der Waals surface area contributed by atoms with Gasteiger partial charge in [0.1, 0.15) is 5.54 Å². The summed E-state index contributed by atoms with van der Waals surface area (Å²) < 4.78 is 1.59. The summed E-state index contributed by atoms with van der Waals surface area (Å²) >= 11 is 0. The molecule has 2 rings (SSSR count). The molecule has 1 heterocycles. The van der Waals surface area contributed by atoms with Crippen molar-refractivity contribution < 1.29 is 14.7 Å². The lowest BCUT2D eigenvalue weighted by Crippen LogP contribution is -2.52. The summed E-state index contributed by atoms with van der Waals surface area (Å²) in [6.45, 7) is 1.78. The maximum atomic E-state index is 12.1. The normalized spacial score (nSPS) is 17.7. The SMILES string of the molecule is Cc1c(C(=O)NC2(C(=O)O)CCCC2)cnn1C. The number of nitrogens with one attached hydrogen (secondary N) is 1. The summed E-state index contributed by atoms with van der Waals surface area (Å²) in [7, 11) is 1.74. The Morgan fingerprint density at radius 1 is 1.44 bits per heavy atom. The fraction of sp³-hybridized carbons (Fsp3) is 0.583. The first-order valence-corrected chi connectivity index (χ1v) is 6.01. The number of nitrogens with zero attached hydrogens (tertiary/aromatic N) is 2. The van der Waals surface area contributed by atoms with Crippen LogP contribution in [0.3, 0.4) is 0 Å². The third kappa shape index (κ3) is 1.98. The second-order valence-electron chi connectivity index (χ2n) is 4.82. The molecule has 0 aromatic carbocycles. The van der Waals surface area contributed by atoms with Crippen LogP contribution in [0.5, 0.6) is 0 Å². The molecule has 0 spiro atoms. The Hall–Kier alpha value is -1.85. The van der Waals surface area contributed by atoms with E-state index in [1.807, 2.05) is 0 Å². The van der Waals surface area contributed by atoms with Crippen LogP contribution in [0.1, 0.15) is 41.7 Å². The van der Waals surface area contributed by atoms with E-state index in [1.165, 1.54) is 6.20 Å². The van der Waals surface area contributed by atoms with Crippen molar-refractivity contribution in [1.82, 2.24) is 15.1 Å². The van der Waals surface area contributed by atoms with Gasteiger partial charge in [0, 0.05) is 12.7 Å². The molecule has 0 unspecified atom stereocenters. The van der Waals surface area contributed by atoms with Crippen molar-refractivity contribution in [3.05, 3.63) is 17.5 Å². The zero-order chi connectivity index (χ0) is 13.3. The molecule has 0 bridgehead atoms. The standard InChI is InChI=1S/C12H17N3O3/c1-8-9(7-13-15(8)2)10(16)14-12(11(17)18)5-3-4-6-12/h7H,3-6H2,1-2H3,(H,14,16)(H,17,18). The van der Waals surface area contributed by atoms with Crippen molar-refractivity contribution in [3.63, 3.8) is 0 Å². The summed E-state index contributed by atoms with van der Waals surface area (Å²) in [6, 6.07) is 0. The predicted molar refractivity (Wildman–Crippen MR) is 64.2 cm³/mol. The minimum absolute atomic E-state index is 0.357. The Bertz CT molecular complexity index is 487. The number of hydrogen-bond donors (Lipinski definition) is 2. The molecule has 1 amide bonds. The van der Waals surface area contributed by atoms with Crippen molar-refractivity contribution in [2.45, 2.75) is 38.1 Å². The first-order valence-electron chi connectivity index (χ1n) is 6.01. The van der Waals surface area contributed by atoms with Crippen LogP contribution >= 0.6 is 0 Å². The van der Waals surface area contributed by atoms with E-state index in [4.69, 9.17) is 0 Å². The smallest absolute Gasteiger partial charge is 0.329 e. The van der Waals surface area contributed by atoms with Crippen molar-refractivity contribution in [3.8, 4) is 0 Å². The Morgan fingerprint density at radius 3 is 2.50 bits per heavy atom. The lowest BCUT2D eigenvalue weighted by Gasteiger charge is -2.25. The minimum Gasteiger partial charge on any atom is -0.480 e. The van der Waals surface area contributed by atoms with E-state index < -0.39 is 11.5 Å². The maximum Gasteiger partial charge on any atom is 0.329 e. The number of hydrogen-bond acceptors (Lipinski definition) is 3. The van der Waals surface area contributed by atoms with Gasteiger partial charge in [-0.15, -0.1) is 0 Å². The van der Waals surface area contributed by atoms with Crippen LogP contribution in [0.2, 0.25) is 0 Å². The van der Waals surface area contributed by atoms with Crippen LogP contribution in [0.15, 0.2) is 6.20 Å². The number of carboxylic acid groups (broad SMARTS) is 1. The van der Waals surface area contributed by atoms with Gasteiger partial charge in [-0.05, 0) is 19.8 Å². The van der Waals surface area contributed by atoms with E-state index in [-0.39, 0.29) is 5.91 Å². The van der Waals surface area contributed by atoms with Gasteiger partial charge in [0.05, 0.1) is 11.8 Å². The first kappa shape index (κ1) is 12.6. The molecule has 0 aliphatic heterocycles. The lowest BCUT2D eigenvalue weighted by atomic mass is 9.97. The molecule has 2 N–H and O–H groups in total. The van der Waals surface area contributed by atoms with Gasteiger partial charge in [0.15, 0.2) is 0 Å². The maximum absolute atomic E-state index is 12.1. The van der Waals surface area contributed by atoms with Gasteiger partial charge >= 0.3 is 5.97 Å². The van der Waals surface area contributed by atoms with Gasteiger partial charge in [0.25, 0.3) is 5.91 Å². The van der Waals surface area contributed by atoms with E-state index in [9.17, 15) is 14.7 Å². The quantitative estimate of drug-likeness (QED) is 0.834. The monoisotopic (exact) mass is 251 g/mol. The third-order valence-electron chi connectivity index (χ3n) is 3.70. The Labute approximate surface area is 105 Å². The van der Waals surface area contributed by atoms with E-state index in [0.717, 1.165) is 18.5 Å². The predicted octanol–water partition coefficient (Wildman–Crippen LogP) is 0.856. The van der Waals surface area contributed by atoms with Crippen LogP contribution in [-0.4, -0.2) is 32.3 Å². The molecule has 0 saturated heterocycles. The largest absolute Gasteiger partial charge is 0.480 e. The van der Waals surface area contributed by atoms with Crippen LogP contribution in [0, 0.1) is 6.92 Å². The Balaban J connectivity index is 2.20. The molecular formula is C12H17N3O3. The van der Waals surface area contributed by atoms with E-state index in [2.05, 4.69) is 10.4 Å². The van der Waals surface area contributed by atoms with Gasteiger partial charge in [-0.1, -0.05) is 12.8 Å². The Kier molecular flexibility index (Phi) is 3.11. The van der Waals surface area contributed by atoms with Crippen LogP contribution in [0.25, 0.3) is 0 Å². The van der Waals surface area contributed by atoms with E-state index in [0.29, 0.717) is 18.4 Å². The number of carbonyl (C=O) groups is 2. The van der Waals surface area contributed by atoms with Crippen molar-refractivity contribution in [1.29, 1.82) is 0 Å². The molecule has 6 heteroatoms. The van der Waals surface area contributed by atoms with Gasteiger partial charge < -0.3 is 10.4 Å². The van der Waals surface area contributed by atoms with E-state index in [1.54, 1.807) is 18.7 Å². The number of rotatable bonds is 3. The second kappa shape index (κ2) is 4.44.